The molecule has 0 unspecified atom stereocenters. The third kappa shape index (κ3) is 2.38. The van der Waals surface area contributed by atoms with Crippen LogP contribution >= 0.6 is 11.3 Å². The largest absolute Gasteiger partial charge is 0.505 e. The van der Waals surface area contributed by atoms with Crippen LogP contribution in [0.15, 0.2) is 42.3 Å². The van der Waals surface area contributed by atoms with E-state index in [0.717, 1.165) is 12.6 Å². The molecule has 1 aromatic heterocycles. The monoisotopic (exact) mass is 231 g/mol. The molecule has 1 N–H and O–H groups in total. The molecule has 0 aliphatic carbocycles. The zero-order valence-electron chi connectivity index (χ0n) is 8.63. The molecule has 0 saturated carbocycles. The van der Waals surface area contributed by atoms with Crippen molar-refractivity contribution in [2.24, 2.45) is 0 Å². The molecular weight excluding hydrogens is 220 g/mol. The van der Waals surface area contributed by atoms with Crippen LogP contribution in [0.3, 0.4) is 0 Å². The van der Waals surface area contributed by atoms with Crippen LogP contribution in [0, 0.1) is 5.39 Å². The summed E-state index contributed by atoms with van der Waals surface area (Å²) in [6.45, 7) is 0. The van der Waals surface area contributed by atoms with Crippen molar-refractivity contribution in [2.45, 2.75) is 12.8 Å². The Bertz CT molecular complexity index is 533. The van der Waals surface area contributed by atoms with E-state index in [-0.39, 0.29) is 5.76 Å². The van der Waals surface area contributed by atoms with Gasteiger partial charge in [0.15, 0.2) is 10.7 Å². The van der Waals surface area contributed by atoms with Gasteiger partial charge in [-0.25, -0.2) is 0 Å². The molecule has 0 aliphatic rings. The van der Waals surface area contributed by atoms with Gasteiger partial charge >= 0.3 is 6.20 Å². The second kappa shape index (κ2) is 4.77. The number of diazo groups is 1. The van der Waals surface area contributed by atoms with E-state index in [2.05, 4.69) is 23.2 Å². The maximum atomic E-state index is 9.30. The maximum absolute atomic E-state index is 9.30. The summed E-state index contributed by atoms with van der Waals surface area (Å²) in [7, 11) is 0. The molecule has 0 radical (unpaired) electrons. The molecule has 0 bridgehead atoms. The van der Waals surface area contributed by atoms with Gasteiger partial charge in [-0.15, -0.1) is 11.3 Å². The third-order valence-electron chi connectivity index (χ3n) is 2.31. The fourth-order valence-corrected chi connectivity index (χ4v) is 2.61. The normalized spacial score (nSPS) is 11.6. The lowest BCUT2D eigenvalue weighted by Crippen LogP contribution is -1.84. The molecule has 1 heterocycles. The number of hydrogen-bond acceptors (Lipinski definition) is 3. The SMILES string of the molecule is N#[N+]/C=C(/O)CCc1cc2ccccc2s1. The lowest BCUT2D eigenvalue weighted by atomic mass is 10.2. The molecule has 4 heteroatoms. The molecule has 0 amide bonds. The lowest BCUT2D eigenvalue weighted by Gasteiger charge is -1.92. The van der Waals surface area contributed by atoms with Crippen molar-refractivity contribution < 1.29 is 5.11 Å². The van der Waals surface area contributed by atoms with Crippen LogP contribution in [0.5, 0.6) is 0 Å². The summed E-state index contributed by atoms with van der Waals surface area (Å²) in [5.41, 5.74) is 0. The summed E-state index contributed by atoms with van der Waals surface area (Å²) < 4.78 is 1.26. The van der Waals surface area contributed by atoms with E-state index in [9.17, 15) is 5.11 Å². The molecule has 2 aromatic rings. The van der Waals surface area contributed by atoms with E-state index in [4.69, 9.17) is 5.39 Å². The van der Waals surface area contributed by atoms with Gasteiger partial charge in [-0.2, -0.15) is 0 Å². The molecule has 1 aromatic carbocycles. The Labute approximate surface area is 97.3 Å². The van der Waals surface area contributed by atoms with E-state index < -0.39 is 0 Å². The van der Waals surface area contributed by atoms with Crippen LogP contribution in [0.25, 0.3) is 15.1 Å². The standard InChI is InChI=1S/C12H10N2OS/c13-14-8-10(15)5-6-11-7-9-3-1-2-4-12(9)16-11/h1-4,7-8H,5-6H2/p+1/b10-8+. The Morgan fingerprint density at radius 1 is 1.44 bits per heavy atom. The molecule has 2 rings (SSSR count). The average Bonchev–Trinajstić information content (AvgIpc) is 2.69. The highest BCUT2D eigenvalue weighted by molar-refractivity contribution is 7.19. The summed E-state index contributed by atoms with van der Waals surface area (Å²) in [6.07, 6.45) is 2.32. The van der Waals surface area contributed by atoms with Crippen molar-refractivity contribution >= 4 is 21.4 Å². The molecular formula is C12H11N2OS+. The number of thiophene rings is 1. The topological polar surface area (TPSA) is 48.4 Å². The van der Waals surface area contributed by atoms with E-state index in [0.29, 0.717) is 6.42 Å². The highest BCUT2D eigenvalue weighted by atomic mass is 32.1. The van der Waals surface area contributed by atoms with Crippen molar-refractivity contribution in [3.63, 3.8) is 0 Å². The zero-order valence-corrected chi connectivity index (χ0v) is 9.44. The highest BCUT2D eigenvalue weighted by Gasteiger charge is 2.04. The number of benzene rings is 1. The fourth-order valence-electron chi connectivity index (χ4n) is 1.54. The Balaban J connectivity index is 2.11. The minimum absolute atomic E-state index is 0.0972. The van der Waals surface area contributed by atoms with Crippen molar-refractivity contribution in [1.29, 1.82) is 5.39 Å². The Hall–Kier alpha value is -1.86. The van der Waals surface area contributed by atoms with E-state index in [1.54, 1.807) is 11.3 Å². The first kappa shape index (κ1) is 10.7. The van der Waals surface area contributed by atoms with E-state index >= 15 is 0 Å². The number of aryl methyl sites for hydroxylation is 1. The Morgan fingerprint density at radius 2 is 2.25 bits per heavy atom. The van der Waals surface area contributed by atoms with Crippen LogP contribution < -0.4 is 0 Å². The first-order valence-electron chi connectivity index (χ1n) is 4.99. The second-order valence-electron chi connectivity index (χ2n) is 3.49. The lowest BCUT2D eigenvalue weighted by molar-refractivity contribution is 0.388. The first-order chi connectivity index (χ1) is 7.79. The van der Waals surface area contributed by atoms with Gasteiger partial charge in [0.25, 0.3) is 0 Å². The quantitative estimate of drug-likeness (QED) is 0.639. The van der Waals surface area contributed by atoms with Crippen molar-refractivity contribution in [1.82, 2.24) is 0 Å². The van der Waals surface area contributed by atoms with Gasteiger partial charge < -0.3 is 5.11 Å². The van der Waals surface area contributed by atoms with Gasteiger partial charge in [-0.3, -0.25) is 0 Å². The van der Waals surface area contributed by atoms with Crippen LogP contribution in [0.2, 0.25) is 0 Å². The summed E-state index contributed by atoms with van der Waals surface area (Å²) in [5.74, 6) is 0.0972. The van der Waals surface area contributed by atoms with E-state index in [1.807, 2.05) is 12.1 Å². The summed E-state index contributed by atoms with van der Waals surface area (Å²) in [5, 5.41) is 18.8. The predicted molar refractivity (Wildman–Crippen MR) is 65.9 cm³/mol. The molecule has 16 heavy (non-hydrogen) atoms. The smallest absolute Gasteiger partial charge is 0.387 e. The minimum Gasteiger partial charge on any atom is -0.505 e. The van der Waals surface area contributed by atoms with Crippen LogP contribution in [0.1, 0.15) is 11.3 Å². The zero-order chi connectivity index (χ0) is 11.4. The summed E-state index contributed by atoms with van der Waals surface area (Å²) >= 11 is 1.73. The maximum Gasteiger partial charge on any atom is 0.387 e. The molecule has 0 aliphatic heterocycles. The number of rotatable bonds is 3. The minimum atomic E-state index is 0.0972. The summed E-state index contributed by atoms with van der Waals surface area (Å²) in [4.78, 5) is 4.00. The van der Waals surface area contributed by atoms with Crippen molar-refractivity contribution in [3.05, 3.63) is 52.1 Å². The molecule has 0 spiro atoms. The van der Waals surface area contributed by atoms with Crippen LogP contribution in [-0.4, -0.2) is 5.11 Å². The predicted octanol–water partition coefficient (Wildman–Crippen LogP) is 4.09. The molecule has 0 fully saturated rings. The fraction of sp³-hybridized carbons (Fsp3) is 0.167. The molecule has 0 saturated heterocycles. The van der Waals surface area contributed by atoms with Gasteiger partial charge in [-0.05, 0) is 23.9 Å². The number of aliphatic hydroxyl groups excluding tert-OH is 1. The van der Waals surface area contributed by atoms with Gasteiger partial charge in [0.1, 0.15) is 0 Å². The Morgan fingerprint density at radius 3 is 3.00 bits per heavy atom. The second-order valence-corrected chi connectivity index (χ2v) is 4.65. The molecule has 80 valence electrons. The van der Waals surface area contributed by atoms with Crippen LogP contribution in [0.4, 0.5) is 0 Å². The van der Waals surface area contributed by atoms with Gasteiger partial charge in [-0.1, -0.05) is 18.2 Å². The highest BCUT2D eigenvalue weighted by Crippen LogP contribution is 2.26. The van der Waals surface area contributed by atoms with Gasteiger partial charge in [0.2, 0.25) is 5.39 Å². The van der Waals surface area contributed by atoms with Crippen molar-refractivity contribution in [2.75, 3.05) is 0 Å². The van der Waals surface area contributed by atoms with Crippen molar-refractivity contribution in [3.8, 4) is 0 Å². The van der Waals surface area contributed by atoms with Gasteiger partial charge in [0, 0.05) is 16.0 Å². The number of hydrogen-bond donors (Lipinski definition) is 1. The molecule has 3 nitrogen and oxygen atoms in total. The average molecular weight is 231 g/mol. The number of aliphatic hydroxyl groups is 1. The number of nitrogens with zero attached hydrogens (tertiary/aromatic N) is 2. The Kier molecular flexibility index (Phi) is 3.18. The number of fused-ring (bicyclic) bond motifs is 1. The first-order valence-corrected chi connectivity index (χ1v) is 5.81. The van der Waals surface area contributed by atoms with Crippen LogP contribution in [-0.2, 0) is 6.42 Å². The molecule has 0 atom stereocenters. The van der Waals surface area contributed by atoms with E-state index in [1.165, 1.54) is 15.0 Å². The third-order valence-corrected chi connectivity index (χ3v) is 3.49. The summed E-state index contributed by atoms with van der Waals surface area (Å²) in [6, 6.07) is 10.3. The number of allylic oxidation sites excluding steroid dienone is 1. The van der Waals surface area contributed by atoms with Gasteiger partial charge in [0.05, 0.1) is 0 Å².